The van der Waals surface area contributed by atoms with Gasteiger partial charge in [-0.15, -0.1) is 0 Å². The molecule has 0 aliphatic carbocycles. The molecule has 2 rings (SSSR count). The molecule has 0 unspecified atom stereocenters. The van der Waals surface area contributed by atoms with Crippen molar-refractivity contribution in [3.8, 4) is 5.75 Å². The third-order valence-electron chi connectivity index (χ3n) is 3.67. The van der Waals surface area contributed by atoms with Crippen molar-refractivity contribution in [3.05, 3.63) is 58.1 Å². The van der Waals surface area contributed by atoms with E-state index in [1.807, 2.05) is 38.1 Å². The highest BCUT2D eigenvalue weighted by Crippen LogP contribution is 2.24. The molecule has 2 amide bonds. The first kappa shape index (κ1) is 20.8. The second-order valence-corrected chi connectivity index (χ2v) is 7.46. The number of nitrogens with one attached hydrogen (secondary N) is 2. The van der Waals surface area contributed by atoms with Crippen LogP contribution in [0.5, 0.6) is 5.75 Å². The monoisotopic (exact) mass is 433 g/mol. The molecule has 2 aromatic rings. The largest absolute Gasteiger partial charge is 0.483 e. The number of hydrogen-bond acceptors (Lipinski definition) is 4. The molecule has 7 heteroatoms. The van der Waals surface area contributed by atoms with Gasteiger partial charge in [0, 0.05) is 34.4 Å². The lowest BCUT2D eigenvalue weighted by atomic mass is 10.1. The summed E-state index contributed by atoms with van der Waals surface area (Å²) in [6.07, 6.45) is 0. The SMILES string of the molecule is CC(C)CNC(=O)c1cccc(NCc2cc(Br)ccc2OCC(N)=O)c1. The predicted molar refractivity (Wildman–Crippen MR) is 110 cm³/mol. The number of benzene rings is 2. The zero-order valence-corrected chi connectivity index (χ0v) is 17.0. The standard InChI is InChI=1S/C20H24BrN3O3/c1-13(2)10-24-20(26)14-4-3-5-17(9-14)23-11-15-8-16(21)6-7-18(15)27-12-19(22)25/h3-9,13,23H,10-12H2,1-2H3,(H2,22,25)(H,24,26). The van der Waals surface area contributed by atoms with Gasteiger partial charge in [0.15, 0.2) is 6.61 Å². The highest BCUT2D eigenvalue weighted by atomic mass is 79.9. The lowest BCUT2D eigenvalue weighted by molar-refractivity contribution is -0.119. The quantitative estimate of drug-likeness (QED) is 0.565. The number of halogens is 1. The van der Waals surface area contributed by atoms with Crippen LogP contribution in [0.4, 0.5) is 5.69 Å². The van der Waals surface area contributed by atoms with Crippen LogP contribution in [-0.2, 0) is 11.3 Å². The number of carbonyl (C=O) groups is 2. The molecule has 0 saturated heterocycles. The fourth-order valence-electron chi connectivity index (χ4n) is 2.34. The maximum atomic E-state index is 12.2. The van der Waals surface area contributed by atoms with Crippen molar-refractivity contribution in [1.29, 1.82) is 0 Å². The topological polar surface area (TPSA) is 93.4 Å². The summed E-state index contributed by atoms with van der Waals surface area (Å²) in [7, 11) is 0. The first-order chi connectivity index (χ1) is 12.8. The van der Waals surface area contributed by atoms with Gasteiger partial charge in [0.2, 0.25) is 0 Å². The number of amides is 2. The number of rotatable bonds is 9. The molecule has 0 spiro atoms. The molecule has 4 N–H and O–H groups in total. The van der Waals surface area contributed by atoms with Gasteiger partial charge in [0.25, 0.3) is 11.8 Å². The van der Waals surface area contributed by atoms with Crippen LogP contribution in [-0.4, -0.2) is 25.0 Å². The number of ether oxygens (including phenoxy) is 1. The maximum Gasteiger partial charge on any atom is 0.255 e. The molecule has 0 bridgehead atoms. The third kappa shape index (κ3) is 6.94. The van der Waals surface area contributed by atoms with Gasteiger partial charge in [-0.25, -0.2) is 0 Å². The van der Waals surface area contributed by atoms with E-state index >= 15 is 0 Å². The third-order valence-corrected chi connectivity index (χ3v) is 4.16. The zero-order valence-electron chi connectivity index (χ0n) is 15.4. The van der Waals surface area contributed by atoms with Crippen LogP contribution in [0.3, 0.4) is 0 Å². The molecule has 0 radical (unpaired) electrons. The number of nitrogens with two attached hydrogens (primary N) is 1. The average Bonchev–Trinajstić information content (AvgIpc) is 2.63. The fourth-order valence-corrected chi connectivity index (χ4v) is 2.75. The highest BCUT2D eigenvalue weighted by molar-refractivity contribution is 9.10. The molecule has 0 saturated carbocycles. The normalized spacial score (nSPS) is 10.5. The minimum Gasteiger partial charge on any atom is -0.483 e. The van der Waals surface area contributed by atoms with Gasteiger partial charge < -0.3 is 21.1 Å². The van der Waals surface area contributed by atoms with Crippen molar-refractivity contribution >= 4 is 33.4 Å². The van der Waals surface area contributed by atoms with Gasteiger partial charge in [-0.05, 0) is 42.3 Å². The molecule has 0 fully saturated rings. The molecule has 0 aliphatic rings. The van der Waals surface area contributed by atoms with Crippen molar-refractivity contribution in [3.63, 3.8) is 0 Å². The van der Waals surface area contributed by atoms with Crippen molar-refractivity contribution in [2.45, 2.75) is 20.4 Å². The number of primary amides is 1. The van der Waals surface area contributed by atoms with Crippen molar-refractivity contribution in [2.24, 2.45) is 11.7 Å². The molecular weight excluding hydrogens is 410 g/mol. The zero-order chi connectivity index (χ0) is 19.8. The highest BCUT2D eigenvalue weighted by Gasteiger charge is 2.09. The Bertz CT molecular complexity index is 809. The summed E-state index contributed by atoms with van der Waals surface area (Å²) in [6, 6.07) is 12.8. The second-order valence-electron chi connectivity index (χ2n) is 6.55. The van der Waals surface area contributed by atoms with Crippen LogP contribution in [0, 0.1) is 5.92 Å². The van der Waals surface area contributed by atoms with Gasteiger partial charge in [-0.1, -0.05) is 35.8 Å². The Morgan fingerprint density at radius 1 is 1.19 bits per heavy atom. The van der Waals surface area contributed by atoms with E-state index in [0.29, 0.717) is 30.3 Å². The van der Waals surface area contributed by atoms with Crippen LogP contribution >= 0.6 is 15.9 Å². The van der Waals surface area contributed by atoms with Crippen molar-refractivity contribution in [1.82, 2.24) is 5.32 Å². The van der Waals surface area contributed by atoms with Crippen molar-refractivity contribution in [2.75, 3.05) is 18.5 Å². The Labute approximate surface area is 167 Å². The van der Waals surface area contributed by atoms with Gasteiger partial charge in [-0.2, -0.15) is 0 Å². The van der Waals surface area contributed by atoms with E-state index < -0.39 is 5.91 Å². The van der Waals surface area contributed by atoms with Gasteiger partial charge in [0.05, 0.1) is 0 Å². The lowest BCUT2D eigenvalue weighted by Gasteiger charge is -2.13. The van der Waals surface area contributed by atoms with E-state index in [4.69, 9.17) is 10.5 Å². The summed E-state index contributed by atoms with van der Waals surface area (Å²) < 4.78 is 6.35. The van der Waals surface area contributed by atoms with Gasteiger partial charge in [0.1, 0.15) is 5.75 Å². The van der Waals surface area contributed by atoms with Crippen LogP contribution < -0.4 is 21.1 Å². The summed E-state index contributed by atoms with van der Waals surface area (Å²) in [5.74, 6) is 0.346. The van der Waals surface area contributed by atoms with Crippen LogP contribution in [0.1, 0.15) is 29.8 Å². The average molecular weight is 434 g/mol. The number of anilines is 1. The van der Waals surface area contributed by atoms with E-state index in [9.17, 15) is 9.59 Å². The van der Waals surface area contributed by atoms with E-state index in [0.717, 1.165) is 15.7 Å². The minimum absolute atomic E-state index is 0.0970. The van der Waals surface area contributed by atoms with Crippen LogP contribution in [0.2, 0.25) is 0 Å². The fraction of sp³-hybridized carbons (Fsp3) is 0.300. The summed E-state index contributed by atoms with van der Waals surface area (Å²) in [4.78, 5) is 23.2. The van der Waals surface area contributed by atoms with E-state index in [2.05, 4.69) is 26.6 Å². The maximum absolute atomic E-state index is 12.2. The molecule has 6 nitrogen and oxygen atoms in total. The van der Waals surface area contributed by atoms with Gasteiger partial charge in [-0.3, -0.25) is 9.59 Å². The van der Waals surface area contributed by atoms with Crippen molar-refractivity contribution < 1.29 is 14.3 Å². The Hall–Kier alpha value is -2.54. The second kappa shape index (κ2) is 9.97. The molecular formula is C20H24BrN3O3. The molecule has 0 atom stereocenters. The molecule has 27 heavy (non-hydrogen) atoms. The van der Waals surface area contributed by atoms with E-state index in [-0.39, 0.29) is 12.5 Å². The van der Waals surface area contributed by atoms with E-state index in [1.165, 1.54) is 0 Å². The Morgan fingerprint density at radius 2 is 1.96 bits per heavy atom. The first-order valence-electron chi connectivity index (χ1n) is 8.67. The van der Waals surface area contributed by atoms with Crippen LogP contribution in [0.15, 0.2) is 46.9 Å². The molecule has 0 heterocycles. The Morgan fingerprint density at radius 3 is 2.67 bits per heavy atom. The lowest BCUT2D eigenvalue weighted by Crippen LogP contribution is -2.27. The molecule has 0 aromatic heterocycles. The summed E-state index contributed by atoms with van der Waals surface area (Å²) in [6.45, 7) is 5.02. The Balaban J connectivity index is 2.06. The number of carbonyl (C=O) groups excluding carboxylic acids is 2. The first-order valence-corrected chi connectivity index (χ1v) is 9.46. The molecule has 144 valence electrons. The molecule has 2 aromatic carbocycles. The smallest absolute Gasteiger partial charge is 0.255 e. The summed E-state index contributed by atoms with van der Waals surface area (Å²) in [5, 5.41) is 6.19. The number of hydrogen-bond donors (Lipinski definition) is 3. The predicted octanol–water partition coefficient (Wildman–Crippen LogP) is 3.31. The summed E-state index contributed by atoms with van der Waals surface area (Å²) >= 11 is 3.43. The summed E-state index contributed by atoms with van der Waals surface area (Å²) in [5.41, 5.74) is 7.42. The molecule has 0 aliphatic heterocycles. The Kier molecular flexibility index (Phi) is 7.67. The minimum atomic E-state index is -0.531. The van der Waals surface area contributed by atoms with Gasteiger partial charge >= 0.3 is 0 Å². The van der Waals surface area contributed by atoms with E-state index in [1.54, 1.807) is 18.2 Å². The van der Waals surface area contributed by atoms with Crippen LogP contribution in [0.25, 0.3) is 0 Å².